The quantitative estimate of drug-likeness (QED) is 0.0400. The summed E-state index contributed by atoms with van der Waals surface area (Å²) in [6.45, 7) is 5.89. The van der Waals surface area contributed by atoms with Crippen LogP contribution in [-0.4, -0.2) is 13.2 Å². The maximum atomic E-state index is 6.68. The van der Waals surface area contributed by atoms with Crippen molar-refractivity contribution in [2.24, 2.45) is 0 Å². The second-order valence-electron chi connectivity index (χ2n) is 17.0. The van der Waals surface area contributed by atoms with Crippen molar-refractivity contribution < 1.29 is 9.47 Å². The Hall–Kier alpha value is -6.78. The molecule has 7 aromatic carbocycles. The molecule has 0 saturated heterocycles. The van der Waals surface area contributed by atoms with Crippen LogP contribution < -0.4 is 19.3 Å². The van der Waals surface area contributed by atoms with E-state index >= 15 is 0 Å². The molecule has 4 nitrogen and oxygen atoms in total. The summed E-state index contributed by atoms with van der Waals surface area (Å²) < 4.78 is 13.4. The summed E-state index contributed by atoms with van der Waals surface area (Å²) in [7, 11) is 0. The first kappa shape index (κ1) is 47.2. The zero-order valence-corrected chi connectivity index (χ0v) is 39.2. The molecule has 0 unspecified atom stereocenters. The van der Waals surface area contributed by atoms with Gasteiger partial charge in [-0.15, -0.1) is 0 Å². The van der Waals surface area contributed by atoms with Crippen LogP contribution in [0.15, 0.2) is 182 Å². The van der Waals surface area contributed by atoms with Crippen molar-refractivity contribution >= 4 is 58.4 Å². The summed E-state index contributed by atoms with van der Waals surface area (Å²) in [5, 5.41) is 0. The standard InChI is InChI=1S/C62H68N2O2/c1-3-5-7-9-11-25-47-65-61-49-54(42-36-52-39-45-60(46-40-52)64(57-31-21-15-22-32-57)58-33-23-16-24-34-58)62(66-48-26-12-10-8-6-4-2)50-53(61)41-35-51-37-43-59(44-38-51)63(55-27-17-13-18-28-55)56-29-19-14-20-30-56/h13-24,27-46,49-50H,3-12,25-26,47-48H2,1-2H3. The molecule has 66 heavy (non-hydrogen) atoms. The Bertz CT molecular complexity index is 2230. The Balaban J connectivity index is 1.17. The van der Waals surface area contributed by atoms with Crippen LogP contribution in [0.2, 0.25) is 0 Å². The fourth-order valence-electron chi connectivity index (χ4n) is 8.27. The van der Waals surface area contributed by atoms with Gasteiger partial charge in [-0.05, 0) is 109 Å². The predicted molar refractivity (Wildman–Crippen MR) is 284 cm³/mol. The summed E-state index contributed by atoms with van der Waals surface area (Å²) in [5.41, 5.74) is 11.0. The Morgan fingerprint density at radius 2 is 0.606 bits per heavy atom. The van der Waals surface area contributed by atoms with E-state index in [0.29, 0.717) is 13.2 Å². The van der Waals surface area contributed by atoms with Gasteiger partial charge in [-0.1, -0.05) is 199 Å². The third-order valence-corrected chi connectivity index (χ3v) is 11.9. The zero-order chi connectivity index (χ0) is 45.4. The lowest BCUT2D eigenvalue weighted by Crippen LogP contribution is -2.09. The Kier molecular flexibility index (Phi) is 18.8. The molecule has 0 amide bonds. The molecule has 0 saturated carbocycles. The molecule has 7 rings (SSSR count). The van der Waals surface area contributed by atoms with E-state index in [2.05, 4.69) is 230 Å². The molecule has 0 atom stereocenters. The molecule has 0 N–H and O–H groups in total. The Labute approximate surface area is 395 Å². The molecule has 0 aliphatic rings. The molecule has 0 fully saturated rings. The monoisotopic (exact) mass is 873 g/mol. The van der Waals surface area contributed by atoms with Gasteiger partial charge >= 0.3 is 0 Å². The van der Waals surface area contributed by atoms with Gasteiger partial charge < -0.3 is 19.3 Å². The van der Waals surface area contributed by atoms with E-state index in [9.17, 15) is 0 Å². The minimum Gasteiger partial charge on any atom is -0.493 e. The molecule has 4 heteroatoms. The van der Waals surface area contributed by atoms with E-state index in [0.717, 1.165) is 80.7 Å². The number of rotatable bonds is 26. The van der Waals surface area contributed by atoms with Crippen molar-refractivity contribution in [3.63, 3.8) is 0 Å². The maximum absolute atomic E-state index is 6.68. The highest BCUT2D eigenvalue weighted by molar-refractivity contribution is 5.82. The molecular weight excluding hydrogens is 805 g/mol. The van der Waals surface area contributed by atoms with Gasteiger partial charge in [-0.3, -0.25) is 0 Å². The molecule has 0 spiro atoms. The van der Waals surface area contributed by atoms with Gasteiger partial charge in [0.2, 0.25) is 0 Å². The highest BCUT2D eigenvalue weighted by Crippen LogP contribution is 2.37. The van der Waals surface area contributed by atoms with E-state index in [1.807, 2.05) is 0 Å². The van der Waals surface area contributed by atoms with Crippen molar-refractivity contribution in [2.75, 3.05) is 23.0 Å². The number of anilines is 6. The summed E-state index contributed by atoms with van der Waals surface area (Å²) in [6.07, 6.45) is 23.3. The van der Waals surface area contributed by atoms with Crippen LogP contribution in [0.5, 0.6) is 11.5 Å². The van der Waals surface area contributed by atoms with Crippen LogP contribution in [0.1, 0.15) is 113 Å². The van der Waals surface area contributed by atoms with Crippen LogP contribution in [0, 0.1) is 0 Å². The van der Waals surface area contributed by atoms with E-state index in [1.165, 1.54) is 64.2 Å². The summed E-state index contributed by atoms with van der Waals surface area (Å²) >= 11 is 0. The highest BCUT2D eigenvalue weighted by Gasteiger charge is 2.14. The zero-order valence-electron chi connectivity index (χ0n) is 39.2. The number of hydrogen-bond donors (Lipinski definition) is 0. The normalized spacial score (nSPS) is 11.3. The second kappa shape index (κ2) is 26.2. The van der Waals surface area contributed by atoms with Crippen LogP contribution in [0.25, 0.3) is 24.3 Å². The SMILES string of the molecule is CCCCCCCCOc1cc(C=Cc2ccc(N(c3ccccc3)c3ccccc3)cc2)c(OCCCCCCCC)cc1C=Cc1ccc(N(c2ccccc2)c2ccccc2)cc1. The van der Waals surface area contributed by atoms with Crippen molar-refractivity contribution in [1.82, 2.24) is 0 Å². The lowest BCUT2D eigenvalue weighted by Gasteiger charge is -2.25. The summed E-state index contributed by atoms with van der Waals surface area (Å²) in [6, 6.07) is 64.1. The molecule has 338 valence electrons. The van der Waals surface area contributed by atoms with E-state index < -0.39 is 0 Å². The lowest BCUT2D eigenvalue weighted by atomic mass is 10.0. The van der Waals surface area contributed by atoms with Crippen molar-refractivity contribution in [3.8, 4) is 11.5 Å². The molecule has 0 aliphatic heterocycles. The van der Waals surface area contributed by atoms with Gasteiger partial charge in [-0.25, -0.2) is 0 Å². The average Bonchev–Trinajstić information content (AvgIpc) is 3.37. The number of benzene rings is 7. The smallest absolute Gasteiger partial charge is 0.127 e. The van der Waals surface area contributed by atoms with Crippen molar-refractivity contribution in [3.05, 3.63) is 204 Å². The van der Waals surface area contributed by atoms with Crippen molar-refractivity contribution in [2.45, 2.75) is 90.9 Å². The third kappa shape index (κ3) is 14.1. The Morgan fingerprint density at radius 1 is 0.318 bits per heavy atom. The first-order valence-corrected chi connectivity index (χ1v) is 24.5. The molecule has 0 heterocycles. The van der Waals surface area contributed by atoms with Crippen LogP contribution in [0.4, 0.5) is 34.1 Å². The third-order valence-electron chi connectivity index (χ3n) is 11.9. The molecular formula is C62H68N2O2. The number of hydrogen-bond acceptors (Lipinski definition) is 4. The minimum absolute atomic E-state index is 0.679. The van der Waals surface area contributed by atoms with E-state index in [4.69, 9.17) is 9.47 Å². The topological polar surface area (TPSA) is 24.9 Å². The van der Waals surface area contributed by atoms with Gasteiger partial charge in [-0.2, -0.15) is 0 Å². The summed E-state index contributed by atoms with van der Waals surface area (Å²) in [5.74, 6) is 1.75. The van der Waals surface area contributed by atoms with E-state index in [1.54, 1.807) is 0 Å². The van der Waals surface area contributed by atoms with Crippen LogP contribution in [0.3, 0.4) is 0 Å². The van der Waals surface area contributed by atoms with Gasteiger partial charge in [0.1, 0.15) is 11.5 Å². The molecule has 0 aromatic heterocycles. The molecule has 0 aliphatic carbocycles. The van der Waals surface area contributed by atoms with Gasteiger partial charge in [0.05, 0.1) is 13.2 Å². The van der Waals surface area contributed by atoms with Gasteiger partial charge in [0.25, 0.3) is 0 Å². The lowest BCUT2D eigenvalue weighted by molar-refractivity contribution is 0.295. The minimum atomic E-state index is 0.679. The second-order valence-corrected chi connectivity index (χ2v) is 17.0. The van der Waals surface area contributed by atoms with Gasteiger partial charge in [0, 0.05) is 45.3 Å². The van der Waals surface area contributed by atoms with Gasteiger partial charge in [0.15, 0.2) is 0 Å². The maximum Gasteiger partial charge on any atom is 0.127 e. The van der Waals surface area contributed by atoms with Crippen molar-refractivity contribution in [1.29, 1.82) is 0 Å². The largest absolute Gasteiger partial charge is 0.493 e. The first-order valence-electron chi connectivity index (χ1n) is 24.5. The number of para-hydroxylation sites is 4. The van der Waals surface area contributed by atoms with E-state index in [-0.39, 0.29) is 0 Å². The van der Waals surface area contributed by atoms with Crippen LogP contribution >= 0.6 is 0 Å². The molecule has 7 aromatic rings. The number of ether oxygens (including phenoxy) is 2. The fourth-order valence-corrected chi connectivity index (χ4v) is 8.27. The van der Waals surface area contributed by atoms with Crippen LogP contribution in [-0.2, 0) is 0 Å². The number of nitrogens with zero attached hydrogens (tertiary/aromatic N) is 2. The molecule has 0 radical (unpaired) electrons. The number of unbranched alkanes of at least 4 members (excludes halogenated alkanes) is 10. The summed E-state index contributed by atoms with van der Waals surface area (Å²) in [4.78, 5) is 4.58. The average molecular weight is 873 g/mol. The molecule has 0 bridgehead atoms. The predicted octanol–water partition coefficient (Wildman–Crippen LogP) is 18.4. The fraction of sp³-hybridized carbons (Fsp3) is 0.258. The Morgan fingerprint density at radius 3 is 0.924 bits per heavy atom. The highest BCUT2D eigenvalue weighted by atomic mass is 16.5. The first-order chi connectivity index (χ1) is 32.7.